The molecule has 0 aromatic heterocycles. The Labute approximate surface area is 140 Å². The molecule has 0 aromatic carbocycles. The first-order chi connectivity index (χ1) is 10.8. The highest BCUT2D eigenvalue weighted by Gasteiger charge is 2.25. The Kier molecular flexibility index (Phi) is 11.3. The van der Waals surface area contributed by atoms with Crippen molar-refractivity contribution in [2.75, 3.05) is 14.1 Å². The lowest BCUT2D eigenvalue weighted by Gasteiger charge is -2.21. The molecule has 2 amide bonds. The number of allylic oxidation sites excluding steroid dienone is 2. The van der Waals surface area contributed by atoms with E-state index >= 15 is 0 Å². The van der Waals surface area contributed by atoms with Crippen molar-refractivity contribution in [3.63, 3.8) is 0 Å². The van der Waals surface area contributed by atoms with E-state index in [-0.39, 0.29) is 17.9 Å². The van der Waals surface area contributed by atoms with Gasteiger partial charge in [-0.3, -0.25) is 9.59 Å². The molecule has 6 N–H and O–H groups in total. The van der Waals surface area contributed by atoms with Crippen LogP contribution in [0.5, 0.6) is 0 Å². The van der Waals surface area contributed by atoms with Crippen LogP contribution in [0.1, 0.15) is 58.3 Å². The van der Waals surface area contributed by atoms with Gasteiger partial charge in [0.15, 0.2) is 0 Å². The minimum absolute atomic E-state index is 0.0454. The molecule has 23 heavy (non-hydrogen) atoms. The second-order valence-electron chi connectivity index (χ2n) is 6.26. The van der Waals surface area contributed by atoms with E-state index in [4.69, 9.17) is 11.5 Å². The van der Waals surface area contributed by atoms with E-state index < -0.39 is 5.54 Å². The van der Waals surface area contributed by atoms with Gasteiger partial charge >= 0.3 is 0 Å². The van der Waals surface area contributed by atoms with Crippen molar-refractivity contribution in [2.45, 2.75) is 69.9 Å². The highest BCUT2D eigenvalue weighted by Crippen LogP contribution is 2.12. The molecule has 0 bridgehead atoms. The first-order valence-corrected chi connectivity index (χ1v) is 8.45. The Balaban J connectivity index is 3.65. The van der Waals surface area contributed by atoms with Crippen LogP contribution in [0.25, 0.3) is 0 Å². The maximum Gasteiger partial charge on any atom is 0.239 e. The fourth-order valence-corrected chi connectivity index (χ4v) is 2.31. The summed E-state index contributed by atoms with van der Waals surface area (Å²) in [7, 11) is 3.24. The lowest BCUT2D eigenvalue weighted by atomic mass is 9.95. The molecule has 0 aromatic rings. The minimum Gasteiger partial charge on any atom is -0.359 e. The molecule has 0 radical (unpaired) electrons. The zero-order chi connectivity index (χ0) is 17.7. The van der Waals surface area contributed by atoms with Crippen LogP contribution < -0.4 is 22.1 Å². The predicted molar refractivity (Wildman–Crippen MR) is 94.8 cm³/mol. The molecule has 0 heterocycles. The first-order valence-electron chi connectivity index (χ1n) is 8.45. The van der Waals surface area contributed by atoms with Gasteiger partial charge in [0.05, 0.1) is 5.54 Å². The van der Waals surface area contributed by atoms with Crippen molar-refractivity contribution in [3.05, 3.63) is 12.2 Å². The van der Waals surface area contributed by atoms with Crippen LogP contribution in [0, 0.1) is 0 Å². The molecular formula is C17H34N4O2. The van der Waals surface area contributed by atoms with Gasteiger partial charge in [-0.2, -0.15) is 0 Å². The van der Waals surface area contributed by atoms with Gasteiger partial charge in [-0.05, 0) is 51.9 Å². The zero-order valence-corrected chi connectivity index (χ0v) is 14.9. The third-order valence-electron chi connectivity index (χ3n) is 3.95. The van der Waals surface area contributed by atoms with Crippen LogP contribution in [0.3, 0.4) is 0 Å². The maximum atomic E-state index is 11.5. The van der Waals surface area contributed by atoms with Crippen LogP contribution in [-0.4, -0.2) is 37.5 Å². The number of amides is 2. The van der Waals surface area contributed by atoms with Gasteiger partial charge in [0.2, 0.25) is 11.8 Å². The van der Waals surface area contributed by atoms with Gasteiger partial charge < -0.3 is 22.1 Å². The first kappa shape index (κ1) is 21.6. The van der Waals surface area contributed by atoms with Gasteiger partial charge in [-0.1, -0.05) is 12.2 Å². The monoisotopic (exact) mass is 326 g/mol. The Morgan fingerprint density at radius 3 is 2.26 bits per heavy atom. The van der Waals surface area contributed by atoms with Crippen molar-refractivity contribution >= 4 is 11.8 Å². The average Bonchev–Trinajstić information content (AvgIpc) is 2.53. The number of carbonyl (C=O) groups is 2. The maximum absolute atomic E-state index is 11.5. The molecule has 134 valence electrons. The van der Waals surface area contributed by atoms with Gasteiger partial charge in [-0.15, -0.1) is 0 Å². The second kappa shape index (κ2) is 12.1. The standard InChI is InChI=1S/C17H34N4O2/c1-17(19,16(23)21-3)13-9-7-5-4-6-8-10-14(18)11-12-15(22)20-2/h4-5,14H,6-13,18-19H2,1-3H3,(H,20,22)(H,21,23)/b5-4+/t14-,17+/m1/s1. The van der Waals surface area contributed by atoms with E-state index in [1.807, 2.05) is 0 Å². The zero-order valence-electron chi connectivity index (χ0n) is 14.9. The fourth-order valence-electron chi connectivity index (χ4n) is 2.31. The summed E-state index contributed by atoms with van der Waals surface area (Å²) in [5, 5.41) is 5.18. The summed E-state index contributed by atoms with van der Waals surface area (Å²) in [6.45, 7) is 1.76. The van der Waals surface area contributed by atoms with Gasteiger partial charge in [0, 0.05) is 26.6 Å². The van der Waals surface area contributed by atoms with E-state index in [1.54, 1.807) is 21.0 Å². The number of rotatable bonds is 12. The number of hydrogen-bond donors (Lipinski definition) is 4. The van der Waals surface area contributed by atoms with Crippen LogP contribution in [0.4, 0.5) is 0 Å². The second-order valence-corrected chi connectivity index (χ2v) is 6.26. The fraction of sp³-hybridized carbons (Fsp3) is 0.765. The molecule has 6 nitrogen and oxygen atoms in total. The molecule has 0 saturated heterocycles. The molecule has 0 fully saturated rings. The lowest BCUT2D eigenvalue weighted by molar-refractivity contribution is -0.125. The molecule has 0 saturated carbocycles. The molecular weight excluding hydrogens is 292 g/mol. The average molecular weight is 326 g/mol. The molecule has 0 spiro atoms. The van der Waals surface area contributed by atoms with Gasteiger partial charge in [-0.25, -0.2) is 0 Å². The van der Waals surface area contributed by atoms with Crippen LogP contribution in [0.15, 0.2) is 12.2 Å². The van der Waals surface area contributed by atoms with Gasteiger partial charge in [0.25, 0.3) is 0 Å². The van der Waals surface area contributed by atoms with Crippen molar-refractivity contribution in [2.24, 2.45) is 11.5 Å². The summed E-state index contributed by atoms with van der Waals surface area (Å²) in [5.41, 5.74) is 11.1. The summed E-state index contributed by atoms with van der Waals surface area (Å²) < 4.78 is 0. The van der Waals surface area contributed by atoms with E-state index in [0.717, 1.165) is 38.5 Å². The van der Waals surface area contributed by atoms with Crippen LogP contribution in [0.2, 0.25) is 0 Å². The molecule has 0 aliphatic heterocycles. The Hall–Kier alpha value is -1.40. The summed E-state index contributed by atoms with van der Waals surface area (Å²) >= 11 is 0. The van der Waals surface area contributed by atoms with E-state index in [9.17, 15) is 9.59 Å². The van der Waals surface area contributed by atoms with Gasteiger partial charge in [0.1, 0.15) is 0 Å². The van der Waals surface area contributed by atoms with E-state index in [2.05, 4.69) is 22.8 Å². The van der Waals surface area contributed by atoms with Crippen molar-refractivity contribution in [1.29, 1.82) is 0 Å². The lowest BCUT2D eigenvalue weighted by Crippen LogP contribution is -2.50. The molecule has 6 heteroatoms. The largest absolute Gasteiger partial charge is 0.359 e. The minimum atomic E-state index is -0.792. The molecule has 0 aliphatic carbocycles. The van der Waals surface area contributed by atoms with E-state index in [0.29, 0.717) is 12.8 Å². The highest BCUT2D eigenvalue weighted by atomic mass is 16.2. The Morgan fingerprint density at radius 2 is 1.70 bits per heavy atom. The summed E-state index contributed by atoms with van der Waals surface area (Å²) in [5.74, 6) is -0.0729. The van der Waals surface area contributed by atoms with E-state index in [1.165, 1.54) is 0 Å². The van der Waals surface area contributed by atoms with Crippen LogP contribution in [-0.2, 0) is 9.59 Å². The number of carbonyl (C=O) groups excluding carboxylic acids is 2. The predicted octanol–water partition coefficient (Wildman–Crippen LogP) is 1.20. The third kappa shape index (κ3) is 10.9. The summed E-state index contributed by atoms with van der Waals surface area (Å²) in [6, 6.07) is 0.0891. The smallest absolute Gasteiger partial charge is 0.239 e. The molecule has 0 rings (SSSR count). The van der Waals surface area contributed by atoms with Crippen LogP contribution >= 0.6 is 0 Å². The molecule has 0 unspecified atom stereocenters. The van der Waals surface area contributed by atoms with Crippen molar-refractivity contribution in [1.82, 2.24) is 10.6 Å². The third-order valence-corrected chi connectivity index (χ3v) is 3.95. The number of nitrogens with one attached hydrogen (secondary N) is 2. The topological polar surface area (TPSA) is 110 Å². The molecule has 2 atom stereocenters. The summed E-state index contributed by atoms with van der Waals surface area (Å²) in [4.78, 5) is 22.6. The number of unbranched alkanes of at least 4 members (excludes halogenated alkanes) is 2. The number of likely N-dealkylation sites (N-methyl/N-ethyl adjacent to an activating group) is 1. The highest BCUT2D eigenvalue weighted by molar-refractivity contribution is 5.85. The number of nitrogens with two attached hydrogens (primary N) is 2. The normalized spacial score (nSPS) is 15.2. The van der Waals surface area contributed by atoms with Crippen molar-refractivity contribution in [3.8, 4) is 0 Å². The number of hydrogen-bond acceptors (Lipinski definition) is 4. The Morgan fingerprint density at radius 1 is 1.09 bits per heavy atom. The quantitative estimate of drug-likeness (QED) is 0.319. The Bertz CT molecular complexity index is 381. The summed E-state index contributed by atoms with van der Waals surface area (Å²) in [6.07, 6.45) is 10.9. The molecule has 0 aliphatic rings. The van der Waals surface area contributed by atoms with Crippen molar-refractivity contribution < 1.29 is 9.59 Å². The SMILES string of the molecule is CNC(=O)CC[C@H](N)CCC/C=C/CCC[C@](C)(N)C(=O)NC.